The molecule has 0 aromatic heterocycles. The van der Waals surface area contributed by atoms with Gasteiger partial charge in [-0.1, -0.05) is 27.7 Å². The fraction of sp³-hybridized carbons (Fsp3) is 1.00. The highest BCUT2D eigenvalue weighted by atomic mass is 15.4. The molecule has 3 saturated heterocycles. The van der Waals surface area contributed by atoms with Crippen LogP contribution in [0.1, 0.15) is 156 Å². The van der Waals surface area contributed by atoms with E-state index in [0.29, 0.717) is 11.1 Å². The van der Waals surface area contributed by atoms with Crippen molar-refractivity contribution in [2.45, 2.75) is 189 Å². The van der Waals surface area contributed by atoms with E-state index in [9.17, 15) is 0 Å². The quantitative estimate of drug-likeness (QED) is 0.366. The van der Waals surface area contributed by atoms with Gasteiger partial charge in [0.1, 0.15) is 0 Å². The molecule has 3 nitrogen and oxygen atoms in total. The minimum atomic E-state index is 0.274. The van der Waals surface area contributed by atoms with Crippen LogP contribution < -0.4 is 0 Å². The van der Waals surface area contributed by atoms with Gasteiger partial charge < -0.3 is 0 Å². The standard InChI is InChI=1S/C21H42N2.C13H27N/c1-16-11-18(3,4)22(19(5,6)12-16)15-23-20(7,8)13-17(2)14-21(23,9)10;1-7-8-14-12(3,4)9-11(2)10-13(14,5)6/h16-17H,11-15H2,1-10H3;11H,7-10H2,1-6H3. The van der Waals surface area contributed by atoms with E-state index in [1.165, 1.54) is 51.5 Å². The first-order chi connectivity index (χ1) is 16.5. The van der Waals surface area contributed by atoms with E-state index >= 15 is 0 Å². The summed E-state index contributed by atoms with van der Waals surface area (Å²) in [5, 5.41) is 0. The Morgan fingerprint density at radius 1 is 0.432 bits per heavy atom. The molecule has 0 unspecified atom stereocenters. The predicted molar refractivity (Wildman–Crippen MR) is 165 cm³/mol. The van der Waals surface area contributed by atoms with Gasteiger partial charge in [0, 0.05) is 33.2 Å². The van der Waals surface area contributed by atoms with E-state index in [1.807, 2.05) is 0 Å². The van der Waals surface area contributed by atoms with Crippen molar-refractivity contribution < 1.29 is 0 Å². The van der Waals surface area contributed by atoms with Crippen LogP contribution in [0.2, 0.25) is 0 Å². The van der Waals surface area contributed by atoms with E-state index in [0.717, 1.165) is 24.4 Å². The first-order valence-electron chi connectivity index (χ1n) is 15.8. The first-order valence-corrected chi connectivity index (χ1v) is 15.8. The SMILES string of the molecule is CC1CC(C)(C)N(CN2C(C)(C)CC(C)CC2(C)C)C(C)(C)C1.CCCN1C(C)(C)CC(C)CC1(C)C. The summed E-state index contributed by atoms with van der Waals surface area (Å²) in [6, 6.07) is 0. The molecule has 3 heterocycles. The van der Waals surface area contributed by atoms with Gasteiger partial charge in [-0.3, -0.25) is 14.7 Å². The largest absolute Gasteiger partial charge is 0.293 e. The molecule has 0 aromatic carbocycles. The molecule has 0 spiro atoms. The summed E-state index contributed by atoms with van der Waals surface area (Å²) in [5.41, 5.74) is 1.87. The fourth-order valence-electron chi connectivity index (χ4n) is 10.2. The lowest BCUT2D eigenvalue weighted by Gasteiger charge is -2.62. The summed E-state index contributed by atoms with van der Waals surface area (Å²) < 4.78 is 0. The Balaban J connectivity index is 0.000000294. The number of likely N-dealkylation sites (tertiary alicyclic amines) is 3. The van der Waals surface area contributed by atoms with Crippen LogP contribution in [0.25, 0.3) is 0 Å². The molecule has 0 amide bonds. The van der Waals surface area contributed by atoms with Crippen molar-refractivity contribution in [1.82, 2.24) is 14.7 Å². The van der Waals surface area contributed by atoms with Crippen LogP contribution in [0.5, 0.6) is 0 Å². The number of hydrogen-bond acceptors (Lipinski definition) is 3. The Kier molecular flexibility index (Phi) is 9.87. The van der Waals surface area contributed by atoms with Crippen molar-refractivity contribution in [2.75, 3.05) is 13.2 Å². The van der Waals surface area contributed by atoms with Gasteiger partial charge in [0.25, 0.3) is 0 Å². The third kappa shape index (κ3) is 7.75. The van der Waals surface area contributed by atoms with E-state index in [-0.39, 0.29) is 22.2 Å². The molecule has 0 atom stereocenters. The maximum atomic E-state index is 2.81. The van der Waals surface area contributed by atoms with Crippen LogP contribution >= 0.6 is 0 Å². The maximum absolute atomic E-state index is 2.81. The van der Waals surface area contributed by atoms with Crippen LogP contribution in [0, 0.1) is 17.8 Å². The molecule has 37 heavy (non-hydrogen) atoms. The molecule has 0 aromatic rings. The fourth-order valence-corrected chi connectivity index (χ4v) is 10.2. The average Bonchev–Trinajstić information content (AvgIpc) is 2.59. The van der Waals surface area contributed by atoms with Gasteiger partial charge in [0.2, 0.25) is 0 Å². The van der Waals surface area contributed by atoms with Crippen molar-refractivity contribution in [3.05, 3.63) is 0 Å². The normalized spacial score (nSPS) is 30.5. The highest BCUT2D eigenvalue weighted by Crippen LogP contribution is 2.46. The lowest BCUT2D eigenvalue weighted by Crippen LogP contribution is -2.69. The zero-order valence-corrected chi connectivity index (χ0v) is 28.4. The highest BCUT2D eigenvalue weighted by molar-refractivity contribution is 5.04. The molecule has 0 saturated carbocycles. The van der Waals surface area contributed by atoms with Crippen molar-refractivity contribution in [3.8, 4) is 0 Å². The second-order valence-electron chi connectivity index (χ2n) is 17.6. The van der Waals surface area contributed by atoms with Crippen molar-refractivity contribution in [3.63, 3.8) is 0 Å². The lowest BCUT2D eigenvalue weighted by molar-refractivity contribution is -0.143. The van der Waals surface area contributed by atoms with Crippen LogP contribution in [-0.4, -0.2) is 61.1 Å². The number of piperidine rings is 3. The van der Waals surface area contributed by atoms with Crippen molar-refractivity contribution in [1.29, 1.82) is 0 Å². The van der Waals surface area contributed by atoms with Gasteiger partial charge >= 0.3 is 0 Å². The molecule has 3 rings (SSSR count). The molecule has 0 radical (unpaired) electrons. The molecule has 3 aliphatic heterocycles. The lowest BCUT2D eigenvalue weighted by atomic mass is 9.72. The molecule has 3 fully saturated rings. The third-order valence-corrected chi connectivity index (χ3v) is 10.2. The summed E-state index contributed by atoms with van der Waals surface area (Å²) in [4.78, 5) is 8.32. The summed E-state index contributed by atoms with van der Waals surface area (Å²) in [7, 11) is 0. The number of rotatable bonds is 4. The Bertz CT molecular complexity index is 650. The van der Waals surface area contributed by atoms with Gasteiger partial charge in [-0.05, 0) is 152 Å². The Morgan fingerprint density at radius 2 is 0.649 bits per heavy atom. The molecule has 3 aliphatic rings. The second-order valence-corrected chi connectivity index (χ2v) is 17.6. The van der Waals surface area contributed by atoms with Gasteiger partial charge in [-0.2, -0.15) is 0 Å². The third-order valence-electron chi connectivity index (χ3n) is 10.2. The topological polar surface area (TPSA) is 9.72 Å². The van der Waals surface area contributed by atoms with E-state index in [2.05, 4.69) is 125 Å². The Hall–Kier alpha value is -0.120. The van der Waals surface area contributed by atoms with Gasteiger partial charge in [-0.25, -0.2) is 0 Å². The minimum absolute atomic E-state index is 0.274. The van der Waals surface area contributed by atoms with Crippen LogP contribution in [0.15, 0.2) is 0 Å². The van der Waals surface area contributed by atoms with Crippen LogP contribution in [-0.2, 0) is 0 Å². The molecular weight excluding hydrogens is 450 g/mol. The van der Waals surface area contributed by atoms with Crippen molar-refractivity contribution >= 4 is 0 Å². The van der Waals surface area contributed by atoms with Crippen LogP contribution in [0.4, 0.5) is 0 Å². The van der Waals surface area contributed by atoms with E-state index in [1.54, 1.807) is 0 Å². The summed E-state index contributed by atoms with van der Waals surface area (Å²) in [6.45, 7) is 41.1. The monoisotopic (exact) mass is 520 g/mol. The minimum Gasteiger partial charge on any atom is -0.293 e. The van der Waals surface area contributed by atoms with Gasteiger partial charge in [0.05, 0.1) is 6.67 Å². The highest BCUT2D eigenvalue weighted by Gasteiger charge is 2.50. The molecular formula is C34H69N3. The number of nitrogens with zero attached hydrogens (tertiary/aromatic N) is 3. The zero-order chi connectivity index (χ0) is 28.8. The molecule has 3 heteroatoms. The first kappa shape index (κ1) is 33.1. The Labute approximate surface area is 234 Å². The zero-order valence-electron chi connectivity index (χ0n) is 28.4. The maximum Gasteiger partial charge on any atom is 0.0526 e. The van der Waals surface area contributed by atoms with Crippen LogP contribution in [0.3, 0.4) is 0 Å². The van der Waals surface area contributed by atoms with Gasteiger partial charge in [-0.15, -0.1) is 0 Å². The average molecular weight is 520 g/mol. The summed E-state index contributed by atoms with van der Waals surface area (Å²) in [6.07, 6.45) is 9.18. The number of hydrogen-bond donors (Lipinski definition) is 0. The van der Waals surface area contributed by atoms with Gasteiger partial charge in [0.15, 0.2) is 0 Å². The second kappa shape index (κ2) is 11.0. The molecule has 0 bridgehead atoms. The van der Waals surface area contributed by atoms with Crippen molar-refractivity contribution in [2.24, 2.45) is 17.8 Å². The van der Waals surface area contributed by atoms with E-state index < -0.39 is 0 Å². The summed E-state index contributed by atoms with van der Waals surface area (Å²) in [5.74, 6) is 2.51. The smallest absolute Gasteiger partial charge is 0.0526 e. The molecule has 0 aliphatic carbocycles. The predicted octanol–water partition coefficient (Wildman–Crippen LogP) is 9.21. The summed E-state index contributed by atoms with van der Waals surface area (Å²) >= 11 is 0. The molecule has 220 valence electrons. The molecule has 0 N–H and O–H groups in total. The Morgan fingerprint density at radius 3 is 0.865 bits per heavy atom. The van der Waals surface area contributed by atoms with E-state index in [4.69, 9.17) is 0 Å².